The fourth-order valence-corrected chi connectivity index (χ4v) is 2.53. The van der Waals surface area contributed by atoms with Gasteiger partial charge in [-0.3, -0.25) is 0 Å². The van der Waals surface area contributed by atoms with Crippen LogP contribution in [-0.2, 0) is 6.42 Å². The third kappa shape index (κ3) is 1.78. The normalized spacial score (nSPS) is 18.4. The lowest BCUT2D eigenvalue weighted by molar-refractivity contribution is 0.401. The fraction of sp³-hybridized carbons (Fsp3) is 0.357. The van der Waals surface area contributed by atoms with Crippen LogP contribution in [0.3, 0.4) is 0 Å². The van der Waals surface area contributed by atoms with E-state index in [1.807, 2.05) is 0 Å². The van der Waals surface area contributed by atoms with Crippen molar-refractivity contribution >= 4 is 0 Å². The van der Waals surface area contributed by atoms with Crippen LogP contribution >= 0.6 is 0 Å². The number of aromatic amines is 1. The van der Waals surface area contributed by atoms with Gasteiger partial charge in [-0.15, -0.1) is 0 Å². The van der Waals surface area contributed by atoms with Gasteiger partial charge in [0.15, 0.2) is 0 Å². The summed E-state index contributed by atoms with van der Waals surface area (Å²) in [4.78, 5) is 7.65. The van der Waals surface area contributed by atoms with Gasteiger partial charge in [0.05, 0.1) is 25.2 Å². The second-order valence-electron chi connectivity index (χ2n) is 4.65. The molecule has 1 atom stereocenters. The van der Waals surface area contributed by atoms with Crippen molar-refractivity contribution < 1.29 is 4.74 Å². The Balaban J connectivity index is 2.07. The van der Waals surface area contributed by atoms with Gasteiger partial charge < -0.3 is 15.0 Å². The molecule has 0 unspecified atom stereocenters. The van der Waals surface area contributed by atoms with Gasteiger partial charge in [0.2, 0.25) is 0 Å². The van der Waals surface area contributed by atoms with Crippen molar-refractivity contribution in [1.29, 1.82) is 0 Å². The number of H-pyrrole nitrogens is 1. The molecule has 94 valence electrons. The highest BCUT2D eigenvalue weighted by molar-refractivity contribution is 5.44. The Hall–Kier alpha value is -1.81. The number of hydrogen-bond donors (Lipinski definition) is 2. The zero-order valence-corrected chi connectivity index (χ0v) is 10.7. The molecule has 18 heavy (non-hydrogen) atoms. The smallest absolute Gasteiger partial charge is 0.124 e. The van der Waals surface area contributed by atoms with E-state index >= 15 is 0 Å². The third-order valence-electron chi connectivity index (χ3n) is 3.45. The molecule has 1 aliphatic rings. The summed E-state index contributed by atoms with van der Waals surface area (Å²) in [5.74, 6) is 0.920. The van der Waals surface area contributed by atoms with Gasteiger partial charge in [0.1, 0.15) is 5.75 Å². The number of imidazole rings is 1. The molecule has 3 rings (SSSR count). The van der Waals surface area contributed by atoms with Crippen molar-refractivity contribution in [3.63, 3.8) is 0 Å². The Bertz CT molecular complexity index is 562. The molecule has 0 amide bonds. The van der Waals surface area contributed by atoms with Crippen LogP contribution in [0.1, 0.15) is 28.6 Å². The van der Waals surface area contributed by atoms with E-state index < -0.39 is 0 Å². The zero-order chi connectivity index (χ0) is 12.5. The Morgan fingerprint density at radius 2 is 2.28 bits per heavy atom. The Kier molecular flexibility index (Phi) is 2.80. The lowest BCUT2D eigenvalue weighted by Crippen LogP contribution is -2.31. The number of rotatable bonds is 2. The van der Waals surface area contributed by atoms with Crippen LogP contribution in [0.25, 0.3) is 0 Å². The molecule has 0 aliphatic carbocycles. The summed E-state index contributed by atoms with van der Waals surface area (Å²) in [6.07, 6.45) is 2.77. The van der Waals surface area contributed by atoms with Crippen LogP contribution in [0.4, 0.5) is 0 Å². The summed E-state index contributed by atoms with van der Waals surface area (Å²) < 4.78 is 5.49. The molecule has 2 heterocycles. The molecule has 4 heteroatoms. The predicted molar refractivity (Wildman–Crippen MR) is 69.9 cm³/mol. The summed E-state index contributed by atoms with van der Waals surface area (Å²) in [6.45, 7) is 3.03. The second-order valence-corrected chi connectivity index (χ2v) is 4.65. The number of aromatic nitrogens is 2. The zero-order valence-electron chi connectivity index (χ0n) is 10.7. The van der Waals surface area contributed by atoms with E-state index in [4.69, 9.17) is 4.74 Å². The standard InChI is InChI=1S/C14H17N3O/c1-9-3-4-10(12(7-9)18-2)13-14-11(5-6-15-13)16-8-17-14/h3-4,7-8,13,15H,5-6H2,1-2H3,(H,16,17)/t13-/m1/s1. The number of benzene rings is 1. The van der Waals surface area contributed by atoms with Crippen molar-refractivity contribution in [3.05, 3.63) is 47.0 Å². The molecule has 1 aromatic heterocycles. The summed E-state index contributed by atoms with van der Waals surface area (Å²) in [5, 5.41) is 3.51. The quantitative estimate of drug-likeness (QED) is 0.847. The molecule has 0 radical (unpaired) electrons. The molecule has 0 saturated heterocycles. The molecule has 1 aromatic carbocycles. The summed E-state index contributed by atoms with van der Waals surface area (Å²) >= 11 is 0. The monoisotopic (exact) mass is 243 g/mol. The van der Waals surface area contributed by atoms with E-state index in [0.717, 1.165) is 30.0 Å². The van der Waals surface area contributed by atoms with Gasteiger partial charge in [-0.25, -0.2) is 4.98 Å². The molecule has 2 aromatic rings. The predicted octanol–water partition coefficient (Wildman–Crippen LogP) is 1.96. The Morgan fingerprint density at radius 3 is 3.11 bits per heavy atom. The number of hydrogen-bond acceptors (Lipinski definition) is 3. The fourth-order valence-electron chi connectivity index (χ4n) is 2.53. The largest absolute Gasteiger partial charge is 0.496 e. The number of ether oxygens (including phenoxy) is 1. The van der Waals surface area contributed by atoms with E-state index in [1.54, 1.807) is 13.4 Å². The van der Waals surface area contributed by atoms with E-state index in [0.29, 0.717) is 0 Å². The molecule has 0 fully saturated rings. The van der Waals surface area contributed by atoms with Crippen molar-refractivity contribution in [3.8, 4) is 5.75 Å². The van der Waals surface area contributed by atoms with Gasteiger partial charge in [-0.2, -0.15) is 0 Å². The SMILES string of the molecule is COc1cc(C)ccc1[C@H]1NCCc2[nH]cnc21. The van der Waals surface area contributed by atoms with Gasteiger partial charge >= 0.3 is 0 Å². The molecule has 1 aliphatic heterocycles. The van der Waals surface area contributed by atoms with Gasteiger partial charge in [-0.05, 0) is 18.6 Å². The van der Waals surface area contributed by atoms with Gasteiger partial charge in [-0.1, -0.05) is 12.1 Å². The minimum atomic E-state index is 0.121. The minimum Gasteiger partial charge on any atom is -0.496 e. The molecule has 0 saturated carbocycles. The van der Waals surface area contributed by atoms with E-state index in [9.17, 15) is 0 Å². The number of fused-ring (bicyclic) bond motifs is 1. The molecular formula is C14H17N3O. The van der Waals surface area contributed by atoms with Crippen LogP contribution in [0.15, 0.2) is 24.5 Å². The van der Waals surface area contributed by atoms with Crippen LogP contribution in [0, 0.1) is 6.92 Å². The first-order valence-corrected chi connectivity index (χ1v) is 6.19. The van der Waals surface area contributed by atoms with Crippen molar-refractivity contribution in [2.45, 2.75) is 19.4 Å². The van der Waals surface area contributed by atoms with Crippen molar-refractivity contribution in [1.82, 2.24) is 15.3 Å². The summed E-state index contributed by atoms with van der Waals surface area (Å²) in [6, 6.07) is 6.42. The Labute approximate surface area is 106 Å². The molecule has 4 nitrogen and oxygen atoms in total. The minimum absolute atomic E-state index is 0.121. The number of nitrogens with one attached hydrogen (secondary N) is 2. The first-order chi connectivity index (χ1) is 8.79. The highest BCUT2D eigenvalue weighted by atomic mass is 16.5. The molecule has 0 bridgehead atoms. The van der Waals surface area contributed by atoms with E-state index in [2.05, 4.69) is 40.4 Å². The lowest BCUT2D eigenvalue weighted by atomic mass is 9.96. The average molecular weight is 243 g/mol. The van der Waals surface area contributed by atoms with Crippen molar-refractivity contribution in [2.24, 2.45) is 0 Å². The molecule has 2 N–H and O–H groups in total. The topological polar surface area (TPSA) is 49.9 Å². The van der Waals surface area contributed by atoms with E-state index in [-0.39, 0.29) is 6.04 Å². The number of aryl methyl sites for hydroxylation is 1. The van der Waals surface area contributed by atoms with Crippen LogP contribution in [-0.4, -0.2) is 23.6 Å². The maximum absolute atomic E-state index is 5.49. The summed E-state index contributed by atoms with van der Waals surface area (Å²) in [7, 11) is 1.71. The first-order valence-electron chi connectivity index (χ1n) is 6.19. The van der Waals surface area contributed by atoms with Crippen molar-refractivity contribution in [2.75, 3.05) is 13.7 Å². The third-order valence-corrected chi connectivity index (χ3v) is 3.45. The molecule has 0 spiro atoms. The van der Waals surface area contributed by atoms with Gasteiger partial charge in [0, 0.05) is 24.2 Å². The van der Waals surface area contributed by atoms with Gasteiger partial charge in [0.25, 0.3) is 0 Å². The van der Waals surface area contributed by atoms with Crippen LogP contribution in [0.5, 0.6) is 5.75 Å². The highest BCUT2D eigenvalue weighted by Crippen LogP contribution is 2.32. The lowest BCUT2D eigenvalue weighted by Gasteiger charge is -2.25. The van der Waals surface area contributed by atoms with E-state index in [1.165, 1.54) is 11.3 Å². The Morgan fingerprint density at radius 1 is 1.39 bits per heavy atom. The number of methoxy groups -OCH3 is 1. The first kappa shape index (κ1) is 11.3. The average Bonchev–Trinajstić information content (AvgIpc) is 2.86. The second kappa shape index (κ2) is 4.46. The highest BCUT2D eigenvalue weighted by Gasteiger charge is 2.25. The summed E-state index contributed by atoms with van der Waals surface area (Å²) in [5.41, 5.74) is 4.66. The maximum Gasteiger partial charge on any atom is 0.124 e. The van der Waals surface area contributed by atoms with Crippen LogP contribution < -0.4 is 10.1 Å². The number of nitrogens with zero attached hydrogens (tertiary/aromatic N) is 1. The van der Waals surface area contributed by atoms with Crippen LogP contribution in [0.2, 0.25) is 0 Å². The maximum atomic E-state index is 5.49. The molecular weight excluding hydrogens is 226 g/mol.